The van der Waals surface area contributed by atoms with E-state index in [9.17, 15) is 0 Å². The number of ether oxygens (including phenoxy) is 2. The van der Waals surface area contributed by atoms with Crippen LogP contribution < -0.4 is 0 Å². The minimum Gasteiger partial charge on any atom is -0.375 e. The van der Waals surface area contributed by atoms with Crippen LogP contribution in [0.4, 0.5) is 0 Å². The first-order valence-corrected chi connectivity index (χ1v) is 5.57. The van der Waals surface area contributed by atoms with E-state index in [-0.39, 0.29) is 6.10 Å². The van der Waals surface area contributed by atoms with Gasteiger partial charge < -0.3 is 9.47 Å². The first kappa shape index (κ1) is 10.6. The van der Waals surface area contributed by atoms with Crippen LogP contribution in [0.5, 0.6) is 0 Å². The molecule has 4 heteroatoms. The second kappa shape index (κ2) is 4.77. The van der Waals surface area contributed by atoms with Crippen LogP contribution in [0.2, 0.25) is 0 Å². The van der Waals surface area contributed by atoms with Gasteiger partial charge >= 0.3 is 0 Å². The van der Waals surface area contributed by atoms with Gasteiger partial charge in [-0.1, -0.05) is 0 Å². The number of rotatable bonds is 4. The summed E-state index contributed by atoms with van der Waals surface area (Å²) in [6.07, 6.45) is 2.73. The Morgan fingerprint density at radius 3 is 3.13 bits per heavy atom. The molecule has 0 bridgehead atoms. The van der Waals surface area contributed by atoms with E-state index in [0.29, 0.717) is 12.7 Å². The number of nitrogens with one attached hydrogen (secondary N) is 1. The van der Waals surface area contributed by atoms with Gasteiger partial charge in [-0.05, 0) is 32.8 Å². The van der Waals surface area contributed by atoms with Crippen LogP contribution in [0.15, 0.2) is 6.07 Å². The molecule has 0 amide bonds. The van der Waals surface area contributed by atoms with Gasteiger partial charge in [0, 0.05) is 6.61 Å². The van der Waals surface area contributed by atoms with Crippen molar-refractivity contribution in [2.75, 3.05) is 6.61 Å². The van der Waals surface area contributed by atoms with Crippen LogP contribution >= 0.6 is 0 Å². The summed E-state index contributed by atoms with van der Waals surface area (Å²) in [4.78, 5) is 0. The fourth-order valence-electron chi connectivity index (χ4n) is 1.85. The zero-order valence-electron chi connectivity index (χ0n) is 9.32. The summed E-state index contributed by atoms with van der Waals surface area (Å²) in [6.45, 7) is 5.42. The zero-order valence-corrected chi connectivity index (χ0v) is 9.32. The number of hydrogen-bond donors (Lipinski definition) is 1. The Kier molecular flexibility index (Phi) is 3.38. The molecule has 1 aromatic rings. The van der Waals surface area contributed by atoms with Gasteiger partial charge in [0.2, 0.25) is 0 Å². The van der Waals surface area contributed by atoms with E-state index < -0.39 is 0 Å². The molecular weight excluding hydrogens is 192 g/mol. The SMILES string of the molecule is CCOCc1cc([C@H]2CC[C@H](C)O2)n[nH]1. The first-order chi connectivity index (χ1) is 7.29. The predicted molar refractivity (Wildman–Crippen MR) is 56.4 cm³/mol. The van der Waals surface area contributed by atoms with Gasteiger partial charge in [0.15, 0.2) is 0 Å². The lowest BCUT2D eigenvalue weighted by atomic mass is 10.1. The van der Waals surface area contributed by atoms with Crippen molar-refractivity contribution in [3.8, 4) is 0 Å². The second-order valence-electron chi connectivity index (χ2n) is 3.97. The highest BCUT2D eigenvalue weighted by Gasteiger charge is 2.25. The van der Waals surface area contributed by atoms with Gasteiger partial charge in [-0.3, -0.25) is 5.10 Å². The standard InChI is InChI=1S/C11H18N2O2/c1-3-14-7-9-6-10(13-12-9)11-5-4-8(2)15-11/h6,8,11H,3-5,7H2,1-2H3,(H,12,13)/t8-,11+/m0/s1. The molecule has 0 aromatic carbocycles. The third-order valence-corrected chi connectivity index (χ3v) is 2.67. The molecule has 1 N–H and O–H groups in total. The van der Waals surface area contributed by atoms with Crippen molar-refractivity contribution in [2.45, 2.75) is 45.5 Å². The quantitative estimate of drug-likeness (QED) is 0.828. The third kappa shape index (κ3) is 2.58. The molecule has 1 fully saturated rings. The van der Waals surface area contributed by atoms with Crippen molar-refractivity contribution in [3.63, 3.8) is 0 Å². The molecule has 84 valence electrons. The topological polar surface area (TPSA) is 47.1 Å². The molecule has 0 unspecified atom stereocenters. The van der Waals surface area contributed by atoms with Crippen molar-refractivity contribution in [1.82, 2.24) is 10.2 Å². The van der Waals surface area contributed by atoms with E-state index in [2.05, 4.69) is 17.1 Å². The van der Waals surface area contributed by atoms with Crippen LogP contribution in [0.1, 0.15) is 44.2 Å². The minimum atomic E-state index is 0.173. The van der Waals surface area contributed by atoms with Gasteiger partial charge in [0.05, 0.1) is 24.1 Å². The molecule has 2 rings (SSSR count). The van der Waals surface area contributed by atoms with Crippen LogP contribution in [0, 0.1) is 0 Å². The average molecular weight is 210 g/mol. The number of aromatic nitrogens is 2. The number of H-pyrrole nitrogens is 1. The van der Waals surface area contributed by atoms with Crippen molar-refractivity contribution >= 4 is 0 Å². The number of hydrogen-bond acceptors (Lipinski definition) is 3. The van der Waals surface area contributed by atoms with Crippen LogP contribution in [0.25, 0.3) is 0 Å². The maximum Gasteiger partial charge on any atom is 0.102 e. The number of nitrogens with zero attached hydrogens (tertiary/aromatic N) is 1. The first-order valence-electron chi connectivity index (χ1n) is 5.57. The summed E-state index contributed by atoms with van der Waals surface area (Å²) < 4.78 is 11.0. The molecule has 2 atom stereocenters. The molecule has 0 radical (unpaired) electrons. The molecule has 1 saturated heterocycles. The summed E-state index contributed by atoms with van der Waals surface area (Å²) in [5, 5.41) is 7.23. The minimum absolute atomic E-state index is 0.173. The Hall–Kier alpha value is -0.870. The zero-order chi connectivity index (χ0) is 10.7. The Bertz CT molecular complexity index is 311. The Labute approximate surface area is 90.0 Å². The average Bonchev–Trinajstić information content (AvgIpc) is 2.83. The highest BCUT2D eigenvalue weighted by molar-refractivity contribution is 5.11. The fraction of sp³-hybridized carbons (Fsp3) is 0.727. The van der Waals surface area contributed by atoms with Gasteiger partial charge in [-0.25, -0.2) is 0 Å². The van der Waals surface area contributed by atoms with Gasteiger partial charge in [-0.15, -0.1) is 0 Å². The van der Waals surface area contributed by atoms with Crippen molar-refractivity contribution < 1.29 is 9.47 Å². The van der Waals surface area contributed by atoms with Gasteiger partial charge in [0.1, 0.15) is 6.10 Å². The monoisotopic (exact) mass is 210 g/mol. The lowest BCUT2D eigenvalue weighted by Gasteiger charge is -2.06. The molecule has 2 heterocycles. The van der Waals surface area contributed by atoms with E-state index in [1.165, 1.54) is 0 Å². The number of aromatic amines is 1. The molecule has 4 nitrogen and oxygen atoms in total. The van der Waals surface area contributed by atoms with E-state index in [1.54, 1.807) is 0 Å². The highest BCUT2D eigenvalue weighted by Crippen LogP contribution is 2.31. The lowest BCUT2D eigenvalue weighted by Crippen LogP contribution is -2.01. The normalized spacial score (nSPS) is 26.0. The lowest BCUT2D eigenvalue weighted by molar-refractivity contribution is 0.0530. The van der Waals surface area contributed by atoms with E-state index in [4.69, 9.17) is 9.47 Å². The fourth-order valence-corrected chi connectivity index (χ4v) is 1.85. The summed E-state index contributed by atoms with van der Waals surface area (Å²) in [5.41, 5.74) is 2.03. The molecule has 15 heavy (non-hydrogen) atoms. The summed E-state index contributed by atoms with van der Waals surface area (Å²) in [5.74, 6) is 0. The molecule has 1 aliphatic heterocycles. The predicted octanol–water partition coefficient (Wildman–Crippen LogP) is 2.19. The highest BCUT2D eigenvalue weighted by atomic mass is 16.5. The smallest absolute Gasteiger partial charge is 0.102 e. The Morgan fingerprint density at radius 2 is 2.47 bits per heavy atom. The Balaban J connectivity index is 1.94. The maximum absolute atomic E-state index is 5.74. The maximum atomic E-state index is 5.74. The van der Waals surface area contributed by atoms with E-state index >= 15 is 0 Å². The summed E-state index contributed by atoms with van der Waals surface area (Å²) in [7, 11) is 0. The molecule has 1 aliphatic rings. The van der Waals surface area contributed by atoms with Crippen molar-refractivity contribution in [2.24, 2.45) is 0 Å². The van der Waals surface area contributed by atoms with E-state index in [1.807, 2.05) is 13.0 Å². The Morgan fingerprint density at radius 1 is 1.60 bits per heavy atom. The molecule has 0 saturated carbocycles. The van der Waals surface area contributed by atoms with Crippen LogP contribution in [-0.4, -0.2) is 22.9 Å². The molecule has 1 aromatic heterocycles. The van der Waals surface area contributed by atoms with Crippen LogP contribution in [-0.2, 0) is 16.1 Å². The molecule has 0 spiro atoms. The van der Waals surface area contributed by atoms with Crippen LogP contribution in [0.3, 0.4) is 0 Å². The summed E-state index contributed by atoms with van der Waals surface area (Å²) >= 11 is 0. The van der Waals surface area contributed by atoms with Crippen molar-refractivity contribution in [3.05, 3.63) is 17.5 Å². The largest absolute Gasteiger partial charge is 0.375 e. The second-order valence-corrected chi connectivity index (χ2v) is 3.97. The summed E-state index contributed by atoms with van der Waals surface area (Å²) in [6, 6.07) is 2.04. The third-order valence-electron chi connectivity index (χ3n) is 2.67. The van der Waals surface area contributed by atoms with Crippen molar-refractivity contribution in [1.29, 1.82) is 0 Å². The van der Waals surface area contributed by atoms with Gasteiger partial charge in [0.25, 0.3) is 0 Å². The van der Waals surface area contributed by atoms with Gasteiger partial charge in [-0.2, -0.15) is 5.10 Å². The van der Waals surface area contributed by atoms with E-state index in [0.717, 1.165) is 30.8 Å². The molecular formula is C11H18N2O2. The molecule has 0 aliphatic carbocycles.